The minimum absolute atomic E-state index is 0. The quantitative estimate of drug-likeness (QED) is 0.343. The number of nitrogens with one attached hydrogen (secondary N) is 1. The van der Waals surface area contributed by atoms with Gasteiger partial charge in [-0.15, -0.1) is 35.3 Å². The van der Waals surface area contributed by atoms with Crippen molar-refractivity contribution in [1.29, 1.82) is 0 Å². The third kappa shape index (κ3) is 5.82. The summed E-state index contributed by atoms with van der Waals surface area (Å²) in [5, 5.41) is 5.98. The number of benzene rings is 1. The Morgan fingerprint density at radius 1 is 1.33 bits per heavy atom. The molecule has 30 heavy (non-hydrogen) atoms. The zero-order valence-electron chi connectivity index (χ0n) is 16.7. The first-order valence-corrected chi connectivity index (χ1v) is 10.8. The topological polar surface area (TPSA) is 96.1 Å². The fraction of sp³-hybridized carbons (Fsp3) is 0.450. The Morgan fingerprint density at radius 3 is 2.87 bits per heavy atom. The van der Waals surface area contributed by atoms with E-state index in [9.17, 15) is 4.79 Å². The van der Waals surface area contributed by atoms with E-state index in [1.807, 2.05) is 35.8 Å². The van der Waals surface area contributed by atoms with Crippen molar-refractivity contribution in [2.45, 2.75) is 25.5 Å². The Morgan fingerprint density at radius 2 is 2.17 bits per heavy atom. The molecule has 0 spiro atoms. The average molecular weight is 542 g/mol. The number of aromatic nitrogens is 1. The van der Waals surface area contributed by atoms with Crippen molar-refractivity contribution >= 4 is 58.0 Å². The Hall–Kier alpha value is -1.92. The molecular formula is C20H27IN6O2S. The SMILES string of the molecule is I.NC(=NCc1cccc(NC(=O)C2CCCO2)c1)N1CCN(c2nccs2)CC1. The van der Waals surface area contributed by atoms with Crippen LogP contribution < -0.4 is 16.0 Å². The van der Waals surface area contributed by atoms with Crippen LogP contribution in [0.5, 0.6) is 0 Å². The van der Waals surface area contributed by atoms with Gasteiger partial charge in [0.2, 0.25) is 0 Å². The summed E-state index contributed by atoms with van der Waals surface area (Å²) in [6, 6.07) is 7.71. The molecule has 0 aliphatic carbocycles. The molecule has 1 aromatic heterocycles. The lowest BCUT2D eigenvalue weighted by Crippen LogP contribution is -2.51. The van der Waals surface area contributed by atoms with Crippen molar-refractivity contribution in [2.75, 3.05) is 43.0 Å². The highest BCUT2D eigenvalue weighted by Crippen LogP contribution is 2.19. The van der Waals surface area contributed by atoms with Crippen LogP contribution in [-0.4, -0.2) is 60.6 Å². The van der Waals surface area contributed by atoms with Crippen molar-refractivity contribution in [1.82, 2.24) is 9.88 Å². The molecule has 1 unspecified atom stereocenters. The van der Waals surface area contributed by atoms with E-state index in [0.717, 1.165) is 55.4 Å². The molecular weight excluding hydrogens is 515 g/mol. The monoisotopic (exact) mass is 542 g/mol. The summed E-state index contributed by atoms with van der Waals surface area (Å²) in [7, 11) is 0. The number of nitrogens with two attached hydrogens (primary N) is 1. The van der Waals surface area contributed by atoms with Crippen molar-refractivity contribution in [3.05, 3.63) is 41.4 Å². The molecule has 2 fully saturated rings. The van der Waals surface area contributed by atoms with E-state index >= 15 is 0 Å². The molecule has 0 saturated carbocycles. The number of rotatable bonds is 5. The molecule has 0 bridgehead atoms. The standard InChI is InChI=1S/C20H26N6O2S.HI/c21-19(25-7-9-26(10-8-25)20-22-6-12-29-20)23-14-15-3-1-4-16(13-15)24-18(27)17-5-2-11-28-17;/h1,3-4,6,12-13,17H,2,5,7-11,14H2,(H2,21,23)(H,24,27);1H. The van der Waals surface area contributed by atoms with E-state index < -0.39 is 0 Å². The summed E-state index contributed by atoms with van der Waals surface area (Å²) in [6.07, 6.45) is 3.21. The fourth-order valence-corrected chi connectivity index (χ4v) is 4.22. The maximum Gasteiger partial charge on any atom is 0.253 e. The third-order valence-electron chi connectivity index (χ3n) is 5.13. The minimum Gasteiger partial charge on any atom is -0.370 e. The van der Waals surface area contributed by atoms with Gasteiger partial charge in [0.25, 0.3) is 5.91 Å². The molecule has 2 aliphatic heterocycles. The smallest absolute Gasteiger partial charge is 0.253 e. The number of guanidine groups is 1. The second-order valence-corrected chi connectivity index (χ2v) is 8.03. The van der Waals surface area contributed by atoms with Crippen LogP contribution in [0.3, 0.4) is 0 Å². The van der Waals surface area contributed by atoms with E-state index in [4.69, 9.17) is 10.5 Å². The van der Waals surface area contributed by atoms with Gasteiger partial charge in [0, 0.05) is 50.1 Å². The van der Waals surface area contributed by atoms with Crippen LogP contribution in [0.25, 0.3) is 0 Å². The Bertz CT molecular complexity index is 849. The molecule has 2 aromatic rings. The van der Waals surface area contributed by atoms with Gasteiger partial charge in [-0.25, -0.2) is 9.98 Å². The average Bonchev–Trinajstić information content (AvgIpc) is 3.47. The number of halogens is 1. The molecule has 2 saturated heterocycles. The second-order valence-electron chi connectivity index (χ2n) is 7.15. The maximum atomic E-state index is 12.2. The number of nitrogens with zero attached hydrogens (tertiary/aromatic N) is 4. The lowest BCUT2D eigenvalue weighted by Gasteiger charge is -2.35. The van der Waals surface area contributed by atoms with E-state index in [-0.39, 0.29) is 36.0 Å². The van der Waals surface area contributed by atoms with Crippen LogP contribution in [0.15, 0.2) is 40.8 Å². The van der Waals surface area contributed by atoms with Gasteiger partial charge in [-0.1, -0.05) is 12.1 Å². The Balaban J connectivity index is 0.00000256. The molecule has 3 N–H and O–H groups in total. The van der Waals surface area contributed by atoms with Gasteiger partial charge in [0.1, 0.15) is 6.10 Å². The summed E-state index contributed by atoms with van der Waals surface area (Å²) >= 11 is 1.66. The van der Waals surface area contributed by atoms with Crippen LogP contribution >= 0.6 is 35.3 Å². The summed E-state index contributed by atoms with van der Waals surface area (Å²) in [5.41, 5.74) is 7.98. The van der Waals surface area contributed by atoms with Crippen molar-refractivity contribution < 1.29 is 9.53 Å². The maximum absolute atomic E-state index is 12.2. The fourth-order valence-electron chi connectivity index (χ4n) is 3.53. The van der Waals surface area contributed by atoms with Crippen molar-refractivity contribution in [2.24, 2.45) is 10.7 Å². The van der Waals surface area contributed by atoms with Gasteiger partial charge < -0.3 is 25.6 Å². The number of carbonyl (C=O) groups is 1. The van der Waals surface area contributed by atoms with Crippen molar-refractivity contribution in [3.63, 3.8) is 0 Å². The van der Waals surface area contributed by atoms with Gasteiger partial charge in [-0.2, -0.15) is 0 Å². The summed E-state index contributed by atoms with van der Waals surface area (Å²) in [6.45, 7) is 4.55. The molecule has 8 nitrogen and oxygen atoms in total. The summed E-state index contributed by atoms with van der Waals surface area (Å²) < 4.78 is 5.43. The number of piperazine rings is 1. The Labute approximate surface area is 197 Å². The number of thiazole rings is 1. The van der Waals surface area contributed by atoms with E-state index in [1.54, 1.807) is 11.3 Å². The molecule has 1 atom stereocenters. The number of carbonyl (C=O) groups excluding carboxylic acids is 1. The molecule has 162 valence electrons. The van der Waals surface area contributed by atoms with Gasteiger partial charge in [-0.05, 0) is 30.5 Å². The summed E-state index contributed by atoms with van der Waals surface area (Å²) in [5.74, 6) is 0.471. The number of anilines is 2. The van der Waals surface area contributed by atoms with Crippen LogP contribution in [0, 0.1) is 0 Å². The van der Waals surface area contributed by atoms with E-state index in [1.165, 1.54) is 0 Å². The summed E-state index contributed by atoms with van der Waals surface area (Å²) in [4.78, 5) is 25.5. The van der Waals surface area contributed by atoms with Gasteiger partial charge in [-0.3, -0.25) is 4.79 Å². The third-order valence-corrected chi connectivity index (χ3v) is 5.97. The lowest BCUT2D eigenvalue weighted by atomic mass is 10.2. The first-order chi connectivity index (χ1) is 14.2. The zero-order chi connectivity index (χ0) is 20.1. The van der Waals surface area contributed by atoms with Crippen molar-refractivity contribution in [3.8, 4) is 0 Å². The minimum atomic E-state index is -0.338. The normalized spacial score (nSPS) is 19.5. The highest BCUT2D eigenvalue weighted by molar-refractivity contribution is 14.0. The van der Waals surface area contributed by atoms with Crippen LogP contribution in [-0.2, 0) is 16.1 Å². The molecule has 1 amide bonds. The highest BCUT2D eigenvalue weighted by atomic mass is 127. The van der Waals surface area contributed by atoms with Crippen LogP contribution in [0.1, 0.15) is 18.4 Å². The Kier molecular flexibility index (Phi) is 8.28. The van der Waals surface area contributed by atoms with Gasteiger partial charge in [0.05, 0.1) is 6.54 Å². The predicted molar refractivity (Wildman–Crippen MR) is 131 cm³/mol. The predicted octanol–water partition coefficient (Wildman–Crippen LogP) is 2.52. The molecule has 3 heterocycles. The number of hydrogen-bond acceptors (Lipinski definition) is 6. The van der Waals surface area contributed by atoms with Crippen LogP contribution in [0.2, 0.25) is 0 Å². The van der Waals surface area contributed by atoms with Gasteiger partial charge in [0.15, 0.2) is 11.1 Å². The number of aliphatic imine (C=N–C) groups is 1. The number of amides is 1. The molecule has 4 rings (SSSR count). The zero-order valence-corrected chi connectivity index (χ0v) is 19.8. The molecule has 0 radical (unpaired) electrons. The van der Waals surface area contributed by atoms with E-state index in [2.05, 4.69) is 25.1 Å². The first kappa shape index (κ1) is 22.8. The molecule has 1 aromatic carbocycles. The number of hydrogen-bond donors (Lipinski definition) is 2. The first-order valence-electron chi connectivity index (χ1n) is 9.90. The molecule has 10 heteroatoms. The van der Waals surface area contributed by atoms with E-state index in [0.29, 0.717) is 19.1 Å². The molecule has 2 aliphatic rings. The largest absolute Gasteiger partial charge is 0.370 e. The number of ether oxygens (including phenoxy) is 1. The highest BCUT2D eigenvalue weighted by Gasteiger charge is 2.23. The van der Waals surface area contributed by atoms with Gasteiger partial charge >= 0.3 is 0 Å². The second kappa shape index (κ2) is 10.9. The van der Waals surface area contributed by atoms with Crippen LogP contribution in [0.4, 0.5) is 10.8 Å². The lowest BCUT2D eigenvalue weighted by molar-refractivity contribution is -0.124.